The number of carboxylic acids is 1. The molecule has 3 N–H and O–H groups in total. The first-order valence-electron chi connectivity index (χ1n) is 8.33. The van der Waals surface area contributed by atoms with E-state index in [-0.39, 0.29) is 24.3 Å². The summed E-state index contributed by atoms with van der Waals surface area (Å²) in [6.07, 6.45) is 1.63. The van der Waals surface area contributed by atoms with Crippen LogP contribution in [0.3, 0.4) is 0 Å². The van der Waals surface area contributed by atoms with Crippen molar-refractivity contribution >= 4 is 17.8 Å². The van der Waals surface area contributed by atoms with Gasteiger partial charge < -0.3 is 20.5 Å². The molecule has 0 rings (SSSR count). The fourth-order valence-corrected chi connectivity index (χ4v) is 1.97. The van der Waals surface area contributed by atoms with Gasteiger partial charge >= 0.3 is 5.97 Å². The van der Waals surface area contributed by atoms with Crippen molar-refractivity contribution < 1.29 is 24.2 Å². The van der Waals surface area contributed by atoms with Crippen molar-refractivity contribution in [1.29, 1.82) is 0 Å². The standard InChI is InChI=1S/C17H32N2O5/c1-7-17(5,6)24-11-10-16(3,4)19-14(21)9-8-13(15(22)23)18-12(2)20/h13H,7-11H2,1-6H3,(H,18,20)(H,19,21)(H,22,23). The predicted octanol–water partition coefficient (Wildman–Crippen LogP) is 1.85. The molecule has 0 heterocycles. The minimum Gasteiger partial charge on any atom is -0.480 e. The van der Waals surface area contributed by atoms with Crippen molar-refractivity contribution in [3.63, 3.8) is 0 Å². The number of carbonyl (C=O) groups excluding carboxylic acids is 2. The second kappa shape index (κ2) is 9.61. The van der Waals surface area contributed by atoms with Gasteiger partial charge in [-0.3, -0.25) is 9.59 Å². The number of amides is 2. The van der Waals surface area contributed by atoms with E-state index >= 15 is 0 Å². The van der Waals surface area contributed by atoms with Crippen LogP contribution >= 0.6 is 0 Å². The van der Waals surface area contributed by atoms with Crippen LogP contribution < -0.4 is 10.6 Å². The third-order valence-corrected chi connectivity index (χ3v) is 3.88. The molecule has 0 aliphatic carbocycles. The van der Waals surface area contributed by atoms with E-state index in [1.54, 1.807) is 0 Å². The lowest BCUT2D eigenvalue weighted by Crippen LogP contribution is -2.46. The van der Waals surface area contributed by atoms with Gasteiger partial charge in [0, 0.05) is 25.5 Å². The van der Waals surface area contributed by atoms with Crippen molar-refractivity contribution in [2.24, 2.45) is 0 Å². The number of hydrogen-bond donors (Lipinski definition) is 3. The fraction of sp³-hybridized carbons (Fsp3) is 0.824. The number of hydrogen-bond acceptors (Lipinski definition) is 4. The number of carboxylic acid groups (broad SMARTS) is 1. The fourth-order valence-electron chi connectivity index (χ4n) is 1.97. The number of carbonyl (C=O) groups is 3. The maximum Gasteiger partial charge on any atom is 0.326 e. The van der Waals surface area contributed by atoms with Crippen LogP contribution in [0.25, 0.3) is 0 Å². The summed E-state index contributed by atoms with van der Waals surface area (Å²) >= 11 is 0. The topological polar surface area (TPSA) is 105 Å². The normalized spacial score (nSPS) is 13.2. The molecule has 0 bridgehead atoms. The first-order valence-corrected chi connectivity index (χ1v) is 8.33. The average Bonchev–Trinajstić information content (AvgIpc) is 2.41. The molecule has 7 heteroatoms. The summed E-state index contributed by atoms with van der Waals surface area (Å²) in [6.45, 7) is 11.7. The molecule has 0 aromatic heterocycles. The van der Waals surface area contributed by atoms with E-state index in [9.17, 15) is 14.4 Å². The summed E-state index contributed by atoms with van der Waals surface area (Å²) in [5.41, 5.74) is -0.638. The van der Waals surface area contributed by atoms with E-state index in [4.69, 9.17) is 9.84 Å². The molecule has 0 saturated heterocycles. The average molecular weight is 344 g/mol. The van der Waals surface area contributed by atoms with Crippen LogP contribution in [-0.2, 0) is 19.1 Å². The van der Waals surface area contributed by atoms with Crippen LogP contribution in [0.2, 0.25) is 0 Å². The van der Waals surface area contributed by atoms with Gasteiger partial charge in [-0.1, -0.05) is 6.92 Å². The molecule has 0 fully saturated rings. The van der Waals surface area contributed by atoms with Gasteiger partial charge in [0.2, 0.25) is 11.8 Å². The highest BCUT2D eigenvalue weighted by Gasteiger charge is 2.24. The lowest BCUT2D eigenvalue weighted by Gasteiger charge is -2.30. The Labute approximate surface area is 144 Å². The van der Waals surface area contributed by atoms with Gasteiger partial charge in [0.15, 0.2) is 0 Å². The Balaban J connectivity index is 4.32. The molecular weight excluding hydrogens is 312 g/mol. The van der Waals surface area contributed by atoms with Gasteiger partial charge in [-0.25, -0.2) is 4.79 Å². The molecule has 0 spiro atoms. The van der Waals surface area contributed by atoms with E-state index in [1.807, 2.05) is 27.7 Å². The molecule has 0 aromatic carbocycles. The van der Waals surface area contributed by atoms with Gasteiger partial charge in [0.1, 0.15) is 6.04 Å². The predicted molar refractivity (Wildman–Crippen MR) is 91.6 cm³/mol. The number of rotatable bonds is 11. The van der Waals surface area contributed by atoms with Crippen LogP contribution in [0, 0.1) is 0 Å². The quantitative estimate of drug-likeness (QED) is 0.530. The zero-order valence-corrected chi connectivity index (χ0v) is 15.7. The van der Waals surface area contributed by atoms with Crippen LogP contribution in [0.1, 0.15) is 67.2 Å². The second-order valence-corrected chi connectivity index (χ2v) is 7.27. The minimum absolute atomic E-state index is 0.0297. The maximum atomic E-state index is 12.0. The molecule has 0 aromatic rings. The van der Waals surface area contributed by atoms with Crippen LogP contribution in [0.15, 0.2) is 0 Å². The Kier molecular flexibility index (Phi) is 8.96. The highest BCUT2D eigenvalue weighted by Crippen LogP contribution is 2.17. The molecule has 140 valence electrons. The van der Waals surface area contributed by atoms with Crippen molar-refractivity contribution in [3.05, 3.63) is 0 Å². The molecule has 0 saturated carbocycles. The molecule has 1 atom stereocenters. The highest BCUT2D eigenvalue weighted by molar-refractivity contribution is 5.83. The molecule has 24 heavy (non-hydrogen) atoms. The summed E-state index contributed by atoms with van der Waals surface area (Å²) < 4.78 is 5.79. The lowest BCUT2D eigenvalue weighted by molar-refractivity contribution is -0.141. The maximum absolute atomic E-state index is 12.0. The number of ether oxygens (including phenoxy) is 1. The summed E-state index contributed by atoms with van der Waals surface area (Å²) in [6, 6.07) is -1.05. The largest absolute Gasteiger partial charge is 0.480 e. The van der Waals surface area contributed by atoms with Gasteiger partial charge in [0.05, 0.1) is 5.60 Å². The Hall–Kier alpha value is -1.63. The minimum atomic E-state index is -1.15. The Bertz CT molecular complexity index is 446. The molecular formula is C17H32N2O5. The SMILES string of the molecule is CCC(C)(C)OCCC(C)(C)NC(=O)CCC(NC(C)=O)C(=O)O. The Morgan fingerprint density at radius 3 is 2.21 bits per heavy atom. The van der Waals surface area contributed by atoms with Crippen molar-refractivity contribution in [1.82, 2.24) is 10.6 Å². The lowest BCUT2D eigenvalue weighted by atomic mass is 10.00. The molecule has 7 nitrogen and oxygen atoms in total. The first-order chi connectivity index (χ1) is 10.9. The zero-order chi connectivity index (χ0) is 19.0. The number of nitrogens with one attached hydrogen (secondary N) is 2. The third kappa shape index (κ3) is 10.2. The van der Waals surface area contributed by atoms with Crippen LogP contribution in [-0.4, -0.2) is 46.7 Å². The summed E-state index contributed by atoms with van der Waals surface area (Å²) in [5.74, 6) is -1.82. The van der Waals surface area contributed by atoms with E-state index in [2.05, 4.69) is 17.6 Å². The second-order valence-electron chi connectivity index (χ2n) is 7.27. The molecule has 0 aliphatic heterocycles. The van der Waals surface area contributed by atoms with Crippen molar-refractivity contribution in [2.75, 3.05) is 6.61 Å². The van der Waals surface area contributed by atoms with Crippen LogP contribution in [0.4, 0.5) is 0 Å². The zero-order valence-electron chi connectivity index (χ0n) is 15.7. The van der Waals surface area contributed by atoms with Crippen molar-refractivity contribution in [2.45, 2.75) is 84.4 Å². The molecule has 0 radical (unpaired) electrons. The van der Waals surface area contributed by atoms with E-state index in [1.165, 1.54) is 6.92 Å². The first kappa shape index (κ1) is 22.4. The van der Waals surface area contributed by atoms with Gasteiger partial charge in [-0.05, 0) is 47.0 Å². The van der Waals surface area contributed by atoms with E-state index in [0.717, 1.165) is 6.42 Å². The summed E-state index contributed by atoms with van der Waals surface area (Å²) in [5, 5.41) is 14.2. The highest BCUT2D eigenvalue weighted by atomic mass is 16.5. The number of aliphatic carboxylic acids is 1. The molecule has 1 unspecified atom stereocenters. The Morgan fingerprint density at radius 2 is 1.75 bits per heavy atom. The monoisotopic (exact) mass is 344 g/mol. The summed E-state index contributed by atoms with van der Waals surface area (Å²) in [7, 11) is 0. The summed E-state index contributed by atoms with van der Waals surface area (Å²) in [4.78, 5) is 34.0. The van der Waals surface area contributed by atoms with Crippen molar-refractivity contribution in [3.8, 4) is 0 Å². The Morgan fingerprint density at radius 1 is 1.17 bits per heavy atom. The molecule has 0 aliphatic rings. The van der Waals surface area contributed by atoms with Gasteiger partial charge in [-0.15, -0.1) is 0 Å². The van der Waals surface area contributed by atoms with E-state index < -0.39 is 23.5 Å². The van der Waals surface area contributed by atoms with Gasteiger partial charge in [0.25, 0.3) is 0 Å². The third-order valence-electron chi connectivity index (χ3n) is 3.88. The van der Waals surface area contributed by atoms with E-state index in [0.29, 0.717) is 13.0 Å². The van der Waals surface area contributed by atoms with Crippen LogP contribution in [0.5, 0.6) is 0 Å². The van der Waals surface area contributed by atoms with Gasteiger partial charge in [-0.2, -0.15) is 0 Å². The smallest absolute Gasteiger partial charge is 0.326 e. The molecule has 2 amide bonds.